The number of guanidine groups is 1. The molecule has 0 saturated heterocycles. The van der Waals surface area contributed by atoms with Crippen LogP contribution in [0.15, 0.2) is 52.5 Å². The van der Waals surface area contributed by atoms with Crippen LogP contribution in [-0.2, 0) is 23.0 Å². The van der Waals surface area contributed by atoms with Gasteiger partial charge in [0, 0.05) is 40.4 Å². The van der Waals surface area contributed by atoms with Crippen molar-refractivity contribution in [2.75, 3.05) is 27.7 Å². The van der Waals surface area contributed by atoms with Crippen molar-refractivity contribution >= 4 is 27.6 Å². The lowest BCUT2D eigenvalue weighted by molar-refractivity contribution is 0.520. The predicted octanol–water partition coefficient (Wildman–Crippen LogP) is 1.89. The van der Waals surface area contributed by atoms with Gasteiger partial charge in [-0.15, -0.1) is 0 Å². The van der Waals surface area contributed by atoms with E-state index >= 15 is 0 Å². The van der Waals surface area contributed by atoms with Crippen LogP contribution >= 0.6 is 11.6 Å². The second kappa shape index (κ2) is 9.68. The fourth-order valence-corrected chi connectivity index (χ4v) is 3.29. The van der Waals surface area contributed by atoms with Crippen molar-refractivity contribution in [3.8, 4) is 0 Å². The summed E-state index contributed by atoms with van der Waals surface area (Å²) in [5, 5.41) is 6.91. The van der Waals surface area contributed by atoms with Gasteiger partial charge in [0.05, 0.1) is 4.90 Å². The van der Waals surface area contributed by atoms with Gasteiger partial charge in [0.2, 0.25) is 10.0 Å². The third-order valence-electron chi connectivity index (χ3n) is 3.88. The number of hydrogen-bond donors (Lipinski definition) is 2. The summed E-state index contributed by atoms with van der Waals surface area (Å²) in [6, 6.07) is 10.5. The van der Waals surface area contributed by atoms with Crippen LogP contribution < -0.4 is 10.6 Å². The molecule has 2 rings (SSSR count). The summed E-state index contributed by atoms with van der Waals surface area (Å²) in [7, 11) is 1.32. The molecule has 27 heavy (non-hydrogen) atoms. The Morgan fingerprint density at radius 1 is 1.11 bits per heavy atom. The first kappa shape index (κ1) is 21.1. The smallest absolute Gasteiger partial charge is 0.242 e. The average molecular weight is 410 g/mol. The van der Waals surface area contributed by atoms with Crippen molar-refractivity contribution in [1.82, 2.24) is 19.9 Å². The van der Waals surface area contributed by atoms with Crippen molar-refractivity contribution in [2.24, 2.45) is 4.99 Å². The standard InChI is InChI=1S/C18H24ClN5O2S/c1-20-18(21-11-10-15-6-9-17(19)22-12-15)23-13-14-4-7-16(8-5-14)27(25,26)24(2)3/h4-9,12H,10-11,13H2,1-3H3,(H2,20,21,23). The van der Waals surface area contributed by atoms with E-state index in [2.05, 4.69) is 20.6 Å². The Balaban J connectivity index is 1.84. The Morgan fingerprint density at radius 2 is 1.78 bits per heavy atom. The van der Waals surface area contributed by atoms with Crippen LogP contribution in [0.1, 0.15) is 11.1 Å². The molecule has 0 bridgehead atoms. The Kier molecular flexibility index (Phi) is 7.58. The molecule has 0 spiro atoms. The molecule has 0 aliphatic heterocycles. The number of aromatic nitrogens is 1. The van der Waals surface area contributed by atoms with Crippen LogP contribution in [-0.4, -0.2) is 51.4 Å². The topological polar surface area (TPSA) is 86.7 Å². The first-order valence-electron chi connectivity index (χ1n) is 8.39. The van der Waals surface area contributed by atoms with E-state index in [9.17, 15) is 8.42 Å². The summed E-state index contributed by atoms with van der Waals surface area (Å²) in [4.78, 5) is 8.51. The fraction of sp³-hybridized carbons (Fsp3) is 0.333. The van der Waals surface area contributed by atoms with E-state index in [1.165, 1.54) is 18.4 Å². The van der Waals surface area contributed by atoms with Gasteiger partial charge >= 0.3 is 0 Å². The normalized spacial score (nSPS) is 12.3. The highest BCUT2D eigenvalue weighted by Crippen LogP contribution is 2.13. The maximum atomic E-state index is 12.1. The summed E-state index contributed by atoms with van der Waals surface area (Å²) >= 11 is 5.78. The predicted molar refractivity (Wildman–Crippen MR) is 108 cm³/mol. The molecule has 0 radical (unpaired) electrons. The Morgan fingerprint density at radius 3 is 2.33 bits per heavy atom. The molecule has 0 saturated carbocycles. The molecular weight excluding hydrogens is 386 g/mol. The molecule has 9 heteroatoms. The number of nitrogens with zero attached hydrogens (tertiary/aromatic N) is 3. The highest BCUT2D eigenvalue weighted by Gasteiger charge is 2.16. The zero-order valence-electron chi connectivity index (χ0n) is 15.6. The molecule has 146 valence electrons. The van der Waals surface area contributed by atoms with Crippen LogP contribution in [0.25, 0.3) is 0 Å². The molecule has 0 aliphatic rings. The molecule has 1 aromatic carbocycles. The minimum Gasteiger partial charge on any atom is -0.356 e. The van der Waals surface area contributed by atoms with Crippen molar-refractivity contribution < 1.29 is 8.42 Å². The Hall–Kier alpha value is -2.16. The maximum Gasteiger partial charge on any atom is 0.242 e. The van der Waals surface area contributed by atoms with Gasteiger partial charge in [-0.1, -0.05) is 29.8 Å². The van der Waals surface area contributed by atoms with Gasteiger partial charge in [0.1, 0.15) is 5.15 Å². The van der Waals surface area contributed by atoms with Crippen LogP contribution in [0.4, 0.5) is 0 Å². The number of rotatable bonds is 7. The number of hydrogen-bond acceptors (Lipinski definition) is 4. The van der Waals surface area contributed by atoms with Crippen molar-refractivity contribution in [2.45, 2.75) is 17.9 Å². The van der Waals surface area contributed by atoms with Gasteiger partial charge < -0.3 is 10.6 Å². The van der Waals surface area contributed by atoms with Crippen LogP contribution in [0, 0.1) is 0 Å². The summed E-state index contributed by atoms with van der Waals surface area (Å²) in [6.45, 7) is 1.23. The zero-order chi connectivity index (χ0) is 19.9. The van der Waals surface area contributed by atoms with Crippen molar-refractivity contribution in [3.05, 3.63) is 58.9 Å². The number of pyridine rings is 1. The first-order chi connectivity index (χ1) is 12.8. The Bertz CT molecular complexity index is 866. The Labute approximate surface area is 165 Å². The zero-order valence-corrected chi connectivity index (χ0v) is 17.2. The monoisotopic (exact) mass is 409 g/mol. The summed E-state index contributed by atoms with van der Waals surface area (Å²) in [5.74, 6) is 0.668. The highest BCUT2D eigenvalue weighted by atomic mass is 35.5. The van der Waals surface area contributed by atoms with E-state index in [0.29, 0.717) is 24.2 Å². The van der Waals surface area contributed by atoms with Crippen molar-refractivity contribution in [3.63, 3.8) is 0 Å². The highest BCUT2D eigenvalue weighted by molar-refractivity contribution is 7.89. The molecule has 1 heterocycles. The van der Waals surface area contributed by atoms with Gasteiger partial charge in [0.25, 0.3) is 0 Å². The van der Waals surface area contributed by atoms with Gasteiger partial charge in [-0.25, -0.2) is 17.7 Å². The summed E-state index contributed by atoms with van der Waals surface area (Å²) in [6.07, 6.45) is 2.55. The first-order valence-corrected chi connectivity index (χ1v) is 10.2. The van der Waals surface area contributed by atoms with Gasteiger partial charge in [-0.2, -0.15) is 0 Å². The lowest BCUT2D eigenvalue weighted by Gasteiger charge is -2.13. The molecule has 2 aromatic rings. The number of nitrogens with one attached hydrogen (secondary N) is 2. The van der Waals surface area contributed by atoms with Gasteiger partial charge in [0.15, 0.2) is 5.96 Å². The van der Waals surface area contributed by atoms with Crippen LogP contribution in [0.2, 0.25) is 5.15 Å². The molecule has 0 amide bonds. The third-order valence-corrected chi connectivity index (χ3v) is 5.93. The molecule has 0 aliphatic carbocycles. The lowest BCUT2D eigenvalue weighted by Crippen LogP contribution is -2.37. The summed E-state index contributed by atoms with van der Waals surface area (Å²) < 4.78 is 25.4. The largest absolute Gasteiger partial charge is 0.356 e. The molecular formula is C18H24ClN5O2S. The quantitative estimate of drug-likeness (QED) is 0.414. The van der Waals surface area contributed by atoms with E-state index in [0.717, 1.165) is 17.5 Å². The summed E-state index contributed by atoms with van der Waals surface area (Å²) in [5.41, 5.74) is 2.04. The second-order valence-electron chi connectivity index (χ2n) is 6.02. The maximum absolute atomic E-state index is 12.1. The lowest BCUT2D eigenvalue weighted by atomic mass is 10.2. The van der Waals surface area contributed by atoms with Crippen LogP contribution in [0.3, 0.4) is 0 Å². The third kappa shape index (κ3) is 6.20. The average Bonchev–Trinajstić information content (AvgIpc) is 2.66. The number of sulfonamides is 1. The van der Waals surface area contributed by atoms with Crippen molar-refractivity contribution in [1.29, 1.82) is 0 Å². The molecule has 2 N–H and O–H groups in total. The van der Waals surface area contributed by atoms with Gasteiger partial charge in [-0.3, -0.25) is 4.99 Å². The molecule has 0 unspecified atom stereocenters. The minimum atomic E-state index is -3.41. The number of benzene rings is 1. The molecule has 7 nitrogen and oxygen atoms in total. The molecule has 0 atom stereocenters. The number of aliphatic imine (C=N–C) groups is 1. The molecule has 1 aromatic heterocycles. The van der Waals surface area contributed by atoms with Crippen LogP contribution in [0.5, 0.6) is 0 Å². The van der Waals surface area contributed by atoms with E-state index in [1.54, 1.807) is 43.6 Å². The van der Waals surface area contributed by atoms with E-state index < -0.39 is 10.0 Å². The fourth-order valence-electron chi connectivity index (χ4n) is 2.28. The van der Waals surface area contributed by atoms with Gasteiger partial charge in [-0.05, 0) is 35.7 Å². The SMILES string of the molecule is CN=C(NCCc1ccc(Cl)nc1)NCc1ccc(S(=O)(=O)N(C)C)cc1. The number of halogens is 1. The second-order valence-corrected chi connectivity index (χ2v) is 8.56. The molecule has 0 fully saturated rings. The minimum absolute atomic E-state index is 0.273. The van der Waals surface area contributed by atoms with E-state index in [1.807, 2.05) is 6.07 Å². The van der Waals surface area contributed by atoms with E-state index in [-0.39, 0.29) is 4.90 Å². The van der Waals surface area contributed by atoms with E-state index in [4.69, 9.17) is 11.6 Å².